The number of phenolic OH excluding ortho intramolecular Hbond substituents is 1. The second-order valence-corrected chi connectivity index (χ2v) is 10.4. The van der Waals surface area contributed by atoms with Crippen molar-refractivity contribution in [2.45, 2.75) is 44.7 Å². The first-order valence-corrected chi connectivity index (χ1v) is 13.6. The molecule has 188 valence electrons. The molecule has 3 aromatic rings. The van der Waals surface area contributed by atoms with Crippen molar-refractivity contribution in [3.63, 3.8) is 0 Å². The van der Waals surface area contributed by atoms with Gasteiger partial charge in [0.25, 0.3) is 5.56 Å². The van der Waals surface area contributed by atoms with Crippen LogP contribution in [0, 0.1) is 0 Å². The van der Waals surface area contributed by atoms with Crippen LogP contribution in [0.4, 0.5) is 0 Å². The molecule has 0 bridgehead atoms. The highest BCUT2D eigenvalue weighted by Gasteiger charge is 2.33. The van der Waals surface area contributed by atoms with E-state index in [1.54, 1.807) is 55.3 Å². The summed E-state index contributed by atoms with van der Waals surface area (Å²) in [4.78, 5) is 33.1. The molecule has 9 heteroatoms. The summed E-state index contributed by atoms with van der Waals surface area (Å²) in [5.41, 5.74) is 2.12. The van der Waals surface area contributed by atoms with E-state index in [1.165, 1.54) is 17.4 Å². The number of hydrogen-bond donors (Lipinski definition) is 1. The van der Waals surface area contributed by atoms with Crippen LogP contribution < -0.4 is 19.6 Å². The van der Waals surface area contributed by atoms with Gasteiger partial charge in [-0.3, -0.25) is 9.36 Å². The maximum atomic E-state index is 13.7. The third kappa shape index (κ3) is 5.12. The maximum Gasteiger partial charge on any atom is 0.338 e. The highest BCUT2D eigenvalue weighted by atomic mass is 32.2. The molecule has 1 aliphatic heterocycles. The number of benzene rings is 2. The summed E-state index contributed by atoms with van der Waals surface area (Å²) in [5, 5.41) is 10.0. The molecule has 0 amide bonds. The number of carbonyl (C=O) groups excluding carboxylic acids is 1. The number of carbonyl (C=O) groups is 1. The zero-order valence-electron chi connectivity index (χ0n) is 20.8. The lowest BCUT2D eigenvalue weighted by molar-refractivity contribution is -0.143. The Labute approximate surface area is 217 Å². The zero-order chi connectivity index (χ0) is 26.0. The van der Waals surface area contributed by atoms with Gasteiger partial charge in [0.1, 0.15) is 0 Å². The van der Waals surface area contributed by atoms with Crippen molar-refractivity contribution in [2.24, 2.45) is 4.99 Å². The normalized spacial score (nSPS) is 15.6. The van der Waals surface area contributed by atoms with Crippen molar-refractivity contribution in [1.29, 1.82) is 0 Å². The quantitative estimate of drug-likeness (QED) is 0.371. The Hall–Kier alpha value is -3.30. The van der Waals surface area contributed by atoms with E-state index in [1.807, 2.05) is 37.4 Å². The fourth-order valence-corrected chi connectivity index (χ4v) is 5.46. The summed E-state index contributed by atoms with van der Waals surface area (Å²) < 4.78 is 13.0. The summed E-state index contributed by atoms with van der Waals surface area (Å²) in [6, 6.07) is 12.1. The van der Waals surface area contributed by atoms with E-state index >= 15 is 0 Å². The molecule has 0 spiro atoms. The molecule has 1 aliphatic rings. The average molecular weight is 525 g/mol. The molecule has 1 aromatic heterocycles. The van der Waals surface area contributed by atoms with Crippen molar-refractivity contribution in [1.82, 2.24) is 4.57 Å². The minimum Gasteiger partial charge on any atom is -0.504 e. The van der Waals surface area contributed by atoms with E-state index in [0.29, 0.717) is 38.5 Å². The molecule has 4 rings (SSSR count). The highest BCUT2D eigenvalue weighted by Crippen LogP contribution is 2.32. The number of aromatic hydroxyl groups is 1. The van der Waals surface area contributed by atoms with E-state index in [2.05, 4.69) is 4.99 Å². The monoisotopic (exact) mass is 524 g/mol. The fourth-order valence-electron chi connectivity index (χ4n) is 4.00. The van der Waals surface area contributed by atoms with Crippen molar-refractivity contribution < 1.29 is 19.4 Å². The molecule has 0 aliphatic carbocycles. The molecule has 1 N–H and O–H groups in total. The van der Waals surface area contributed by atoms with Gasteiger partial charge in [0, 0.05) is 4.90 Å². The van der Waals surface area contributed by atoms with Gasteiger partial charge in [-0.15, -0.1) is 11.8 Å². The standard InChI is InChI=1S/C27H28N2O5S2/c1-6-33-21-13-17(7-12-20(21)30)14-22-25(31)29-24(18-8-10-19(35-5)11-9-18)23(26(32)34-15(2)3)16(4)28-27(29)36-22/h7-15,24,30H,6H2,1-5H3/b22-14-/t24-/m0/s1. The molecule has 36 heavy (non-hydrogen) atoms. The molecule has 1 atom stereocenters. The second kappa shape index (κ2) is 10.8. The third-order valence-corrected chi connectivity index (χ3v) is 7.32. The number of aromatic nitrogens is 1. The van der Waals surface area contributed by atoms with E-state index < -0.39 is 12.0 Å². The second-order valence-electron chi connectivity index (χ2n) is 8.47. The molecule has 0 saturated carbocycles. The highest BCUT2D eigenvalue weighted by molar-refractivity contribution is 7.98. The number of nitrogens with zero attached hydrogens (tertiary/aromatic N) is 2. The SMILES string of the molecule is CCOc1cc(/C=c2\sc3n(c2=O)[C@@H](c2ccc(SC)cc2)C(C(=O)OC(C)C)=C(C)N=3)ccc1O. The number of fused-ring (bicyclic) bond motifs is 1. The predicted octanol–water partition coefficient (Wildman–Crippen LogP) is 4.01. The van der Waals surface area contributed by atoms with Crippen LogP contribution in [0.1, 0.15) is 44.9 Å². The van der Waals surface area contributed by atoms with Gasteiger partial charge in [-0.25, -0.2) is 9.79 Å². The predicted molar refractivity (Wildman–Crippen MR) is 142 cm³/mol. The van der Waals surface area contributed by atoms with Crippen molar-refractivity contribution in [2.75, 3.05) is 12.9 Å². The molecule has 0 radical (unpaired) electrons. The molecule has 2 heterocycles. The largest absolute Gasteiger partial charge is 0.504 e. The Morgan fingerprint density at radius 2 is 1.97 bits per heavy atom. The smallest absolute Gasteiger partial charge is 0.338 e. The number of ether oxygens (including phenoxy) is 2. The lowest BCUT2D eigenvalue weighted by Gasteiger charge is -2.25. The number of thioether (sulfide) groups is 1. The van der Waals surface area contributed by atoms with Gasteiger partial charge in [-0.2, -0.15) is 0 Å². The molecular formula is C27H28N2O5S2. The van der Waals surface area contributed by atoms with Crippen LogP contribution >= 0.6 is 23.1 Å². The molecule has 7 nitrogen and oxygen atoms in total. The summed E-state index contributed by atoms with van der Waals surface area (Å²) in [5.74, 6) is -0.104. The number of esters is 1. The lowest BCUT2D eigenvalue weighted by Crippen LogP contribution is -2.40. The Balaban J connectivity index is 1.90. The summed E-state index contributed by atoms with van der Waals surface area (Å²) in [6.45, 7) is 7.59. The fraction of sp³-hybridized carbons (Fsp3) is 0.296. The van der Waals surface area contributed by atoms with Crippen molar-refractivity contribution in [3.8, 4) is 11.5 Å². The van der Waals surface area contributed by atoms with Crippen LogP contribution in [0.25, 0.3) is 6.08 Å². The van der Waals surface area contributed by atoms with Gasteiger partial charge in [-0.1, -0.05) is 29.5 Å². The summed E-state index contributed by atoms with van der Waals surface area (Å²) in [7, 11) is 0. The number of thiazole rings is 1. The Kier molecular flexibility index (Phi) is 7.70. The molecule has 2 aromatic carbocycles. The number of hydrogen-bond acceptors (Lipinski definition) is 8. The number of phenols is 1. The van der Waals surface area contributed by atoms with Gasteiger partial charge in [0.15, 0.2) is 16.3 Å². The van der Waals surface area contributed by atoms with Gasteiger partial charge in [0.2, 0.25) is 0 Å². The lowest BCUT2D eigenvalue weighted by atomic mass is 9.96. The minimum atomic E-state index is -0.663. The molecule has 0 fully saturated rings. The topological polar surface area (TPSA) is 90.1 Å². The van der Waals surface area contributed by atoms with Crippen LogP contribution in [0.15, 0.2) is 68.4 Å². The van der Waals surface area contributed by atoms with E-state index in [-0.39, 0.29) is 17.4 Å². The summed E-state index contributed by atoms with van der Waals surface area (Å²) in [6.07, 6.45) is 3.43. The van der Waals surface area contributed by atoms with Crippen LogP contribution in [0.5, 0.6) is 11.5 Å². The Morgan fingerprint density at radius 1 is 1.25 bits per heavy atom. The van der Waals surface area contributed by atoms with Gasteiger partial charge >= 0.3 is 5.97 Å². The Morgan fingerprint density at radius 3 is 2.61 bits per heavy atom. The van der Waals surface area contributed by atoms with Crippen LogP contribution in [0.2, 0.25) is 0 Å². The van der Waals surface area contributed by atoms with Gasteiger partial charge in [-0.05, 0) is 75.4 Å². The van der Waals surface area contributed by atoms with E-state index in [0.717, 1.165) is 10.5 Å². The zero-order valence-corrected chi connectivity index (χ0v) is 22.4. The van der Waals surface area contributed by atoms with Crippen LogP contribution in [-0.2, 0) is 9.53 Å². The van der Waals surface area contributed by atoms with Crippen molar-refractivity contribution >= 4 is 35.1 Å². The Bertz CT molecular complexity index is 1500. The van der Waals surface area contributed by atoms with Gasteiger partial charge < -0.3 is 14.6 Å². The van der Waals surface area contributed by atoms with E-state index in [4.69, 9.17) is 9.47 Å². The first-order chi connectivity index (χ1) is 17.2. The summed E-state index contributed by atoms with van der Waals surface area (Å²) >= 11 is 2.87. The van der Waals surface area contributed by atoms with E-state index in [9.17, 15) is 14.7 Å². The first-order valence-electron chi connectivity index (χ1n) is 11.6. The number of rotatable bonds is 7. The number of allylic oxidation sites excluding steroid dienone is 1. The van der Waals surface area contributed by atoms with Gasteiger partial charge in [0.05, 0.1) is 34.6 Å². The minimum absolute atomic E-state index is 0.0353. The van der Waals surface area contributed by atoms with Crippen LogP contribution in [-0.4, -0.2) is 34.6 Å². The molecule has 0 saturated heterocycles. The third-order valence-electron chi connectivity index (χ3n) is 5.60. The average Bonchev–Trinajstić information content (AvgIpc) is 3.14. The van der Waals surface area contributed by atoms with Crippen LogP contribution in [0.3, 0.4) is 0 Å². The van der Waals surface area contributed by atoms with Crippen molar-refractivity contribution in [3.05, 3.63) is 84.5 Å². The maximum absolute atomic E-state index is 13.7. The molecule has 0 unspecified atom stereocenters. The first kappa shape index (κ1) is 25.8. The molecular weight excluding hydrogens is 496 g/mol.